The smallest absolute Gasteiger partial charge is 0.246 e. The molecule has 37 heavy (non-hydrogen) atoms. The number of ether oxygens (including phenoxy) is 1. The quantitative estimate of drug-likeness (QED) is 0.358. The lowest BCUT2D eigenvalue weighted by molar-refractivity contribution is -0.141. The monoisotopic (exact) mass is 527 g/mol. The fourth-order valence-electron chi connectivity index (χ4n) is 6.64. The first-order chi connectivity index (χ1) is 17.9. The van der Waals surface area contributed by atoms with Gasteiger partial charge in [0.25, 0.3) is 0 Å². The van der Waals surface area contributed by atoms with Crippen molar-refractivity contribution in [3.63, 3.8) is 0 Å². The summed E-state index contributed by atoms with van der Waals surface area (Å²) in [6.45, 7) is 4.53. The van der Waals surface area contributed by atoms with Crippen molar-refractivity contribution in [2.45, 2.75) is 95.4 Å². The Morgan fingerprint density at radius 1 is 1.14 bits per heavy atom. The van der Waals surface area contributed by atoms with Gasteiger partial charge in [-0.05, 0) is 43.9 Å². The molecule has 1 spiro atoms. The van der Waals surface area contributed by atoms with E-state index >= 15 is 0 Å². The van der Waals surface area contributed by atoms with Gasteiger partial charge in [0.2, 0.25) is 17.7 Å². The van der Waals surface area contributed by atoms with Crippen LogP contribution in [0, 0.1) is 18.8 Å². The fraction of sp³-hybridized carbons (Fsp3) is 0.621. The highest BCUT2D eigenvalue weighted by Crippen LogP contribution is 2.55. The van der Waals surface area contributed by atoms with Crippen LogP contribution in [-0.4, -0.2) is 53.0 Å². The van der Waals surface area contributed by atoms with Crippen LogP contribution in [0.5, 0.6) is 0 Å². The molecular weight excluding hydrogens is 490 g/mol. The van der Waals surface area contributed by atoms with E-state index in [0.29, 0.717) is 17.3 Å². The second-order valence-electron chi connectivity index (χ2n) is 11.1. The van der Waals surface area contributed by atoms with E-state index in [-0.39, 0.29) is 23.8 Å². The third kappa shape index (κ3) is 4.81. The number of likely N-dealkylation sites (tertiary alicyclic amines) is 1. The number of rotatable bonds is 9. The average molecular weight is 528 g/mol. The van der Waals surface area contributed by atoms with E-state index in [9.17, 15) is 14.4 Å². The minimum Gasteiger partial charge on any atom is -0.359 e. The van der Waals surface area contributed by atoms with Crippen LogP contribution in [0.2, 0.25) is 5.02 Å². The van der Waals surface area contributed by atoms with Crippen molar-refractivity contribution in [2.24, 2.45) is 11.8 Å². The maximum atomic E-state index is 13.9. The Kier molecular flexibility index (Phi) is 7.64. The Morgan fingerprint density at radius 2 is 1.92 bits per heavy atom. The van der Waals surface area contributed by atoms with Crippen molar-refractivity contribution in [1.82, 2.24) is 10.2 Å². The van der Waals surface area contributed by atoms with Crippen LogP contribution in [0.4, 0.5) is 5.69 Å². The average Bonchev–Trinajstić information content (AvgIpc) is 3.52. The molecule has 3 fully saturated rings. The Bertz CT molecular complexity index is 1080. The molecule has 7 nitrogen and oxygen atoms in total. The van der Waals surface area contributed by atoms with Gasteiger partial charge in [0.05, 0.1) is 17.9 Å². The molecule has 4 aliphatic rings. The first kappa shape index (κ1) is 26.2. The van der Waals surface area contributed by atoms with E-state index < -0.39 is 29.6 Å². The third-order valence-electron chi connectivity index (χ3n) is 8.57. The maximum Gasteiger partial charge on any atom is 0.246 e. The summed E-state index contributed by atoms with van der Waals surface area (Å²) in [6, 6.07) is 4.73. The number of fused-ring (bicyclic) bond motifs is 1. The minimum atomic E-state index is -1.11. The van der Waals surface area contributed by atoms with Crippen molar-refractivity contribution in [1.29, 1.82) is 0 Å². The summed E-state index contributed by atoms with van der Waals surface area (Å²) in [6.07, 6.45) is 12.5. The molecule has 8 heteroatoms. The van der Waals surface area contributed by atoms with Gasteiger partial charge in [0.15, 0.2) is 0 Å². The van der Waals surface area contributed by atoms with Crippen molar-refractivity contribution in [3.05, 3.63) is 40.9 Å². The lowest BCUT2D eigenvalue weighted by Crippen LogP contribution is -2.56. The van der Waals surface area contributed by atoms with Crippen molar-refractivity contribution < 1.29 is 19.1 Å². The zero-order chi connectivity index (χ0) is 26.2. The van der Waals surface area contributed by atoms with Crippen LogP contribution >= 0.6 is 11.6 Å². The van der Waals surface area contributed by atoms with Crippen LogP contribution in [0.1, 0.15) is 70.3 Å². The summed E-state index contributed by atoms with van der Waals surface area (Å²) in [5, 5.41) is 6.74. The van der Waals surface area contributed by atoms with E-state index in [1.807, 2.05) is 25.1 Å². The topological polar surface area (TPSA) is 87.7 Å². The number of amides is 3. The zero-order valence-electron chi connectivity index (χ0n) is 21.8. The lowest BCUT2D eigenvalue weighted by Gasteiger charge is -2.34. The highest BCUT2D eigenvalue weighted by Gasteiger charge is 2.72. The SMILES string of the molecule is CCCCCCN1C(=O)[C@H]2C(C(=O)Nc3ccc(C)c(Cl)c3)[C@H]3C=CC2(O3)C1C(=O)NC1CCCCC1. The second-order valence-corrected chi connectivity index (χ2v) is 11.5. The second kappa shape index (κ2) is 10.8. The fourth-order valence-corrected chi connectivity index (χ4v) is 6.82. The van der Waals surface area contributed by atoms with Gasteiger partial charge in [-0.2, -0.15) is 0 Å². The number of aryl methyl sites for hydroxylation is 1. The Labute approximate surface area is 224 Å². The molecule has 1 aromatic carbocycles. The van der Waals surface area contributed by atoms with Gasteiger partial charge in [0.1, 0.15) is 11.6 Å². The standard InChI is InChI=1S/C29H38ClN3O4/c1-3-4-5-9-16-33-25(27(35)31-19-10-7-6-8-11-19)29-15-14-22(37-29)23(24(29)28(33)36)26(34)32-20-13-12-18(2)21(30)17-20/h12-15,17,19,22-25H,3-11,16H2,1-2H3,(H,31,35)(H,32,34)/t22-,23?,24-,25?,29?/m1/s1. The van der Waals surface area contributed by atoms with E-state index in [4.69, 9.17) is 16.3 Å². The summed E-state index contributed by atoms with van der Waals surface area (Å²) in [5.41, 5.74) is 0.384. The van der Waals surface area contributed by atoms with E-state index in [1.165, 1.54) is 6.42 Å². The molecule has 2 saturated heterocycles. The molecule has 3 unspecified atom stereocenters. The predicted octanol–water partition coefficient (Wildman–Crippen LogP) is 4.77. The van der Waals surface area contributed by atoms with Crippen LogP contribution in [0.15, 0.2) is 30.4 Å². The van der Waals surface area contributed by atoms with Crippen LogP contribution < -0.4 is 10.6 Å². The first-order valence-electron chi connectivity index (χ1n) is 13.9. The summed E-state index contributed by atoms with van der Waals surface area (Å²) >= 11 is 6.26. The Hall–Kier alpha value is -2.38. The van der Waals surface area contributed by atoms with Gasteiger partial charge in [-0.25, -0.2) is 0 Å². The summed E-state index contributed by atoms with van der Waals surface area (Å²) < 4.78 is 6.43. The number of carbonyl (C=O) groups is 3. The van der Waals surface area contributed by atoms with E-state index in [1.54, 1.807) is 17.0 Å². The molecule has 3 heterocycles. The van der Waals surface area contributed by atoms with Gasteiger partial charge >= 0.3 is 0 Å². The van der Waals surface area contributed by atoms with Crippen LogP contribution in [0.3, 0.4) is 0 Å². The van der Waals surface area contributed by atoms with E-state index in [2.05, 4.69) is 17.6 Å². The number of nitrogens with zero attached hydrogens (tertiary/aromatic N) is 1. The number of hydrogen-bond acceptors (Lipinski definition) is 4. The summed E-state index contributed by atoms with van der Waals surface area (Å²) in [5.74, 6) is -2.03. The maximum absolute atomic E-state index is 13.9. The van der Waals surface area contributed by atoms with Crippen LogP contribution in [0.25, 0.3) is 0 Å². The molecule has 1 aromatic rings. The number of unbranched alkanes of at least 4 members (excludes halogenated alkanes) is 3. The van der Waals surface area contributed by atoms with E-state index in [0.717, 1.165) is 56.9 Å². The number of anilines is 1. The van der Waals surface area contributed by atoms with Crippen LogP contribution in [-0.2, 0) is 19.1 Å². The molecule has 1 aliphatic carbocycles. The highest BCUT2D eigenvalue weighted by atomic mass is 35.5. The predicted molar refractivity (Wildman–Crippen MR) is 143 cm³/mol. The molecule has 0 aromatic heterocycles. The van der Waals surface area contributed by atoms with Crippen molar-refractivity contribution in [3.8, 4) is 0 Å². The number of benzene rings is 1. The molecule has 2 N–H and O–H groups in total. The molecule has 3 aliphatic heterocycles. The number of hydrogen-bond donors (Lipinski definition) is 2. The minimum absolute atomic E-state index is 0.127. The van der Waals surface area contributed by atoms with Crippen molar-refractivity contribution in [2.75, 3.05) is 11.9 Å². The molecule has 2 bridgehead atoms. The van der Waals surface area contributed by atoms with Gasteiger partial charge in [-0.3, -0.25) is 14.4 Å². The molecular formula is C29H38ClN3O4. The Balaban J connectivity index is 1.40. The largest absolute Gasteiger partial charge is 0.359 e. The first-order valence-corrected chi connectivity index (χ1v) is 14.3. The summed E-state index contributed by atoms with van der Waals surface area (Å²) in [4.78, 5) is 43.0. The van der Waals surface area contributed by atoms with Gasteiger partial charge in [0, 0.05) is 23.3 Å². The number of nitrogens with one attached hydrogen (secondary N) is 2. The lowest BCUT2D eigenvalue weighted by atomic mass is 9.74. The zero-order valence-corrected chi connectivity index (χ0v) is 22.6. The molecule has 5 atom stereocenters. The Morgan fingerprint density at radius 3 is 2.65 bits per heavy atom. The molecule has 3 amide bonds. The number of halogens is 1. The molecule has 1 saturated carbocycles. The van der Waals surface area contributed by atoms with Gasteiger partial charge in [-0.1, -0.05) is 75.3 Å². The third-order valence-corrected chi connectivity index (χ3v) is 8.98. The normalized spacial score (nSPS) is 30.6. The van der Waals surface area contributed by atoms with Crippen molar-refractivity contribution >= 4 is 35.0 Å². The molecule has 0 radical (unpaired) electrons. The molecule has 5 rings (SSSR count). The van der Waals surface area contributed by atoms with Gasteiger partial charge in [-0.15, -0.1) is 0 Å². The number of carbonyl (C=O) groups excluding carboxylic acids is 3. The van der Waals surface area contributed by atoms with Gasteiger partial charge < -0.3 is 20.3 Å². The highest BCUT2D eigenvalue weighted by molar-refractivity contribution is 6.31. The summed E-state index contributed by atoms with van der Waals surface area (Å²) in [7, 11) is 0. The molecule has 200 valence electrons.